The van der Waals surface area contributed by atoms with E-state index in [1.54, 1.807) is 0 Å². The molecule has 0 radical (unpaired) electrons. The molecule has 0 aromatic heterocycles. The molecule has 0 aromatic carbocycles. The predicted octanol–water partition coefficient (Wildman–Crippen LogP) is -9.20. The smallest absolute Gasteiger partial charge is 0.790 e. The monoisotopic (exact) mass is 248 g/mol. The molecule has 3 N–H and O–H groups in total. The third-order valence-electron chi connectivity index (χ3n) is 0.471. The van der Waals surface area contributed by atoms with Crippen LogP contribution in [0.1, 0.15) is 0 Å². The van der Waals surface area contributed by atoms with Gasteiger partial charge in [0.25, 0.3) is 0 Å². The average molecular weight is 248 g/mol. The van der Waals surface area contributed by atoms with Crippen LogP contribution < -0.4 is 68.9 Å². The van der Waals surface area contributed by atoms with Gasteiger partial charge in [0.2, 0.25) is 0 Å². The number of hydrogen-bond donors (Lipinski definition) is 3. The molecule has 0 unspecified atom stereocenters. The number of hydrogen-bond acceptors (Lipinski definition) is 6. The molecule has 0 heterocycles. The van der Waals surface area contributed by atoms with E-state index in [0.717, 1.165) is 0 Å². The van der Waals surface area contributed by atoms with Gasteiger partial charge in [0.1, 0.15) is 0 Å². The first kappa shape index (κ1) is 25.0. The summed E-state index contributed by atoms with van der Waals surface area (Å²) in [5.74, 6) is 0. The first-order valence-corrected chi connectivity index (χ1v) is 4.45. The van der Waals surface area contributed by atoms with E-state index in [0.29, 0.717) is 13.2 Å². The molecular formula is C4H11Na2O7P. The first-order valence-electron chi connectivity index (χ1n) is 2.96. The molecule has 0 saturated carbocycles. The third kappa shape index (κ3) is 65.8. The zero-order valence-corrected chi connectivity index (χ0v) is 13.1. The zero-order valence-electron chi connectivity index (χ0n) is 8.25. The average Bonchev–Trinajstić information content (AvgIpc) is 1.85. The van der Waals surface area contributed by atoms with E-state index in [2.05, 4.69) is 4.74 Å². The molecule has 0 aliphatic rings. The largest absolute Gasteiger partial charge is 1.00 e. The van der Waals surface area contributed by atoms with Crippen LogP contribution in [0.5, 0.6) is 0 Å². The minimum absolute atomic E-state index is 0. The quantitative estimate of drug-likeness (QED) is 0.255. The van der Waals surface area contributed by atoms with Crippen LogP contribution >= 0.6 is 7.82 Å². The summed E-state index contributed by atoms with van der Waals surface area (Å²) in [4.78, 5) is 24.3. The number of aliphatic hydroxyl groups is 2. The van der Waals surface area contributed by atoms with Crippen molar-refractivity contribution in [1.82, 2.24) is 0 Å². The van der Waals surface area contributed by atoms with Crippen molar-refractivity contribution in [2.75, 3.05) is 26.4 Å². The first-order chi connectivity index (χ1) is 5.41. The van der Waals surface area contributed by atoms with Gasteiger partial charge in [0.05, 0.1) is 34.3 Å². The predicted molar refractivity (Wildman–Crippen MR) is 34.8 cm³/mol. The second kappa shape index (κ2) is 17.4. The Bertz CT molecular complexity index is 117. The number of aliphatic hydroxyl groups excluding tert-OH is 2. The molecule has 0 aliphatic heterocycles. The molecule has 0 amide bonds. The van der Waals surface area contributed by atoms with Gasteiger partial charge in [-0.2, -0.15) is 0 Å². The number of rotatable bonds is 4. The number of phosphoric acid groups is 1. The molecule has 0 rings (SSSR count). The minimum atomic E-state index is -5.14. The van der Waals surface area contributed by atoms with Gasteiger partial charge in [0.15, 0.2) is 0 Å². The maximum atomic E-state index is 8.66. The van der Waals surface area contributed by atoms with Crippen LogP contribution in [-0.4, -0.2) is 41.5 Å². The molecule has 0 aromatic rings. The molecule has 14 heavy (non-hydrogen) atoms. The van der Waals surface area contributed by atoms with Crippen molar-refractivity contribution in [2.45, 2.75) is 0 Å². The van der Waals surface area contributed by atoms with E-state index in [4.69, 9.17) is 29.5 Å². The van der Waals surface area contributed by atoms with Crippen LogP contribution in [0.25, 0.3) is 0 Å². The molecule has 0 aliphatic carbocycles. The molecular weight excluding hydrogens is 237 g/mol. The summed E-state index contributed by atoms with van der Waals surface area (Å²) >= 11 is 0. The van der Waals surface area contributed by atoms with Gasteiger partial charge in [-0.15, -0.1) is 0 Å². The van der Waals surface area contributed by atoms with Gasteiger partial charge in [0, 0.05) is 0 Å². The van der Waals surface area contributed by atoms with E-state index in [1.165, 1.54) is 0 Å². The van der Waals surface area contributed by atoms with Crippen LogP contribution in [0.15, 0.2) is 0 Å². The Balaban J connectivity index is -0.0000000651. The van der Waals surface area contributed by atoms with Crippen LogP contribution in [-0.2, 0) is 9.30 Å². The normalized spacial score (nSPS) is 8.93. The Morgan fingerprint density at radius 3 is 1.43 bits per heavy atom. The van der Waals surface area contributed by atoms with E-state index >= 15 is 0 Å². The summed E-state index contributed by atoms with van der Waals surface area (Å²) in [7, 11) is -5.14. The van der Waals surface area contributed by atoms with Gasteiger partial charge >= 0.3 is 59.1 Å². The fraction of sp³-hybridized carbons (Fsp3) is 1.00. The Labute approximate surface area is 126 Å². The van der Waals surface area contributed by atoms with Crippen molar-refractivity contribution in [3.05, 3.63) is 0 Å². The topological polar surface area (TPSA) is 133 Å². The SMILES string of the molecule is O=P([O-])([O-])O.OCCOCCO.[Na+].[Na+]. The fourth-order valence-electron chi connectivity index (χ4n) is 0.231. The van der Waals surface area contributed by atoms with Crippen molar-refractivity contribution in [1.29, 1.82) is 0 Å². The molecule has 0 spiro atoms. The van der Waals surface area contributed by atoms with Gasteiger partial charge in [-0.3, -0.25) is 0 Å². The summed E-state index contributed by atoms with van der Waals surface area (Å²) in [6.45, 7) is 0.696. The second-order valence-corrected chi connectivity index (χ2v) is 2.47. The summed E-state index contributed by atoms with van der Waals surface area (Å²) in [6, 6.07) is 0. The van der Waals surface area contributed by atoms with E-state index in [9.17, 15) is 0 Å². The third-order valence-corrected chi connectivity index (χ3v) is 0.471. The van der Waals surface area contributed by atoms with Crippen molar-refractivity contribution in [3.8, 4) is 0 Å². The van der Waals surface area contributed by atoms with Gasteiger partial charge in [-0.05, 0) is 0 Å². The Kier molecular flexibility index (Phi) is 31.0. The number of ether oxygens (including phenoxy) is 1. The summed E-state index contributed by atoms with van der Waals surface area (Å²) < 4.78 is 13.3. The second-order valence-electron chi connectivity index (χ2n) is 1.53. The molecule has 7 nitrogen and oxygen atoms in total. The molecule has 0 bridgehead atoms. The van der Waals surface area contributed by atoms with E-state index in [1.807, 2.05) is 0 Å². The maximum absolute atomic E-state index is 8.66. The van der Waals surface area contributed by atoms with Crippen LogP contribution in [0.4, 0.5) is 0 Å². The van der Waals surface area contributed by atoms with E-state index < -0.39 is 7.82 Å². The Morgan fingerprint density at radius 2 is 1.29 bits per heavy atom. The van der Waals surface area contributed by atoms with Crippen LogP contribution in [0.2, 0.25) is 0 Å². The Hall–Kier alpha value is 1.99. The van der Waals surface area contributed by atoms with Gasteiger partial charge in [-0.25, -0.2) is 0 Å². The molecule has 10 heteroatoms. The standard InChI is InChI=1S/C4H10O3.2Na.H3O4P/c5-1-3-7-4-2-6;;;1-5(2,3)4/h5-6H,1-4H2;;;(H3,1,2,3,4)/q;2*+1;/p-2. The van der Waals surface area contributed by atoms with Crippen molar-refractivity contribution in [2.24, 2.45) is 0 Å². The van der Waals surface area contributed by atoms with Gasteiger partial charge in [-0.1, -0.05) is 0 Å². The van der Waals surface area contributed by atoms with Crippen LogP contribution in [0, 0.1) is 0 Å². The van der Waals surface area contributed by atoms with Crippen molar-refractivity contribution in [3.63, 3.8) is 0 Å². The Morgan fingerprint density at radius 1 is 1.07 bits per heavy atom. The maximum Gasteiger partial charge on any atom is 1.00 e. The molecule has 0 fully saturated rings. The van der Waals surface area contributed by atoms with Crippen molar-refractivity contribution >= 4 is 7.82 Å². The molecule has 76 valence electrons. The molecule has 0 saturated heterocycles. The summed E-state index contributed by atoms with van der Waals surface area (Å²) in [5.41, 5.74) is 0. The van der Waals surface area contributed by atoms with E-state index in [-0.39, 0.29) is 72.3 Å². The van der Waals surface area contributed by atoms with Gasteiger partial charge < -0.3 is 34.2 Å². The zero-order chi connectivity index (χ0) is 10.0. The van der Waals surface area contributed by atoms with Crippen LogP contribution in [0.3, 0.4) is 0 Å². The molecule has 0 atom stereocenters. The minimum Gasteiger partial charge on any atom is -0.790 e. The fourth-order valence-corrected chi connectivity index (χ4v) is 0.231. The van der Waals surface area contributed by atoms with Crippen molar-refractivity contribution < 1.29 is 93.3 Å². The summed E-state index contributed by atoms with van der Waals surface area (Å²) in [5, 5.41) is 16.2. The summed E-state index contributed by atoms with van der Waals surface area (Å²) in [6.07, 6.45) is 0.